The number of urea groups is 1. The average Bonchev–Trinajstić information content (AvgIpc) is 2.82. The number of carbonyl (C=O) groups excluding carboxylic acids is 2. The van der Waals surface area contributed by atoms with E-state index in [9.17, 15) is 14.4 Å². The van der Waals surface area contributed by atoms with E-state index in [1.165, 1.54) is 63.9 Å². The van der Waals surface area contributed by atoms with Gasteiger partial charge in [-0.05, 0) is 44.0 Å². The maximum absolute atomic E-state index is 12.3. The Balaban J connectivity index is 1.70. The zero-order valence-electron chi connectivity index (χ0n) is 21.2. The summed E-state index contributed by atoms with van der Waals surface area (Å²) >= 11 is 0. The molecule has 1 heterocycles. The van der Waals surface area contributed by atoms with Gasteiger partial charge in [0.15, 0.2) is 0 Å². The molecule has 1 aromatic heterocycles. The van der Waals surface area contributed by atoms with Gasteiger partial charge in [0, 0.05) is 17.4 Å². The maximum atomic E-state index is 12.3. The monoisotopic (exact) mass is 484 g/mol. The summed E-state index contributed by atoms with van der Waals surface area (Å²) in [6, 6.07) is 7.29. The van der Waals surface area contributed by atoms with Gasteiger partial charge in [-0.15, -0.1) is 0 Å². The van der Waals surface area contributed by atoms with Crippen LogP contribution in [0.5, 0.6) is 0 Å². The molecule has 0 fully saturated rings. The predicted molar refractivity (Wildman–Crippen MR) is 140 cm³/mol. The van der Waals surface area contributed by atoms with Gasteiger partial charge >= 0.3 is 12.0 Å². The summed E-state index contributed by atoms with van der Waals surface area (Å²) < 4.78 is 4.94. The molecule has 8 nitrogen and oxygen atoms in total. The van der Waals surface area contributed by atoms with Crippen molar-refractivity contribution in [1.29, 1.82) is 0 Å². The van der Waals surface area contributed by atoms with Crippen LogP contribution in [0.4, 0.5) is 16.4 Å². The summed E-state index contributed by atoms with van der Waals surface area (Å²) in [5, 5.41) is 5.22. The van der Waals surface area contributed by atoms with Crippen molar-refractivity contribution in [2.24, 2.45) is 0 Å². The number of hydrogen-bond donors (Lipinski definition) is 3. The van der Waals surface area contributed by atoms with Gasteiger partial charge in [-0.2, -0.15) is 0 Å². The molecule has 0 spiro atoms. The van der Waals surface area contributed by atoms with E-state index >= 15 is 0 Å². The second kappa shape index (κ2) is 16.5. The molecule has 0 atom stereocenters. The lowest BCUT2D eigenvalue weighted by atomic mass is 10.0. The molecule has 1 aromatic carbocycles. The summed E-state index contributed by atoms with van der Waals surface area (Å²) in [5.41, 5.74) is 1.26. The molecule has 2 rings (SSSR count). The van der Waals surface area contributed by atoms with Crippen molar-refractivity contribution in [3.8, 4) is 0 Å². The van der Waals surface area contributed by atoms with Crippen molar-refractivity contribution >= 4 is 23.6 Å². The van der Waals surface area contributed by atoms with Crippen LogP contribution in [0.15, 0.2) is 35.1 Å². The van der Waals surface area contributed by atoms with Crippen molar-refractivity contribution in [3.63, 3.8) is 0 Å². The van der Waals surface area contributed by atoms with Gasteiger partial charge in [-0.3, -0.25) is 15.1 Å². The van der Waals surface area contributed by atoms with E-state index in [0.29, 0.717) is 30.0 Å². The quantitative estimate of drug-likeness (QED) is 0.187. The molecule has 0 bridgehead atoms. The van der Waals surface area contributed by atoms with Crippen LogP contribution in [0.2, 0.25) is 0 Å². The number of nitrogens with one attached hydrogen (secondary N) is 3. The molecule has 2 aromatic rings. The van der Waals surface area contributed by atoms with E-state index in [1.54, 1.807) is 31.2 Å². The number of H-pyrrole nitrogens is 1. The number of aromatic amines is 1. The minimum atomic E-state index is -0.538. The molecule has 8 heteroatoms. The Kier molecular flexibility index (Phi) is 13.2. The fourth-order valence-electron chi connectivity index (χ4n) is 3.84. The van der Waals surface area contributed by atoms with Crippen molar-refractivity contribution < 1.29 is 14.3 Å². The van der Waals surface area contributed by atoms with Gasteiger partial charge in [0.2, 0.25) is 5.95 Å². The third-order valence-corrected chi connectivity index (χ3v) is 5.72. The van der Waals surface area contributed by atoms with Crippen LogP contribution in [-0.4, -0.2) is 28.6 Å². The first kappa shape index (κ1) is 28.1. The first-order chi connectivity index (χ1) is 17.0. The summed E-state index contributed by atoms with van der Waals surface area (Å²) in [6.45, 7) is 4.28. The number of hydrogen-bond acceptors (Lipinski definition) is 5. The van der Waals surface area contributed by atoms with Crippen molar-refractivity contribution in [2.45, 2.75) is 90.9 Å². The molecule has 192 valence electrons. The third-order valence-electron chi connectivity index (χ3n) is 5.72. The highest BCUT2D eigenvalue weighted by molar-refractivity contribution is 5.99. The molecule has 0 saturated carbocycles. The van der Waals surface area contributed by atoms with Crippen LogP contribution in [0, 0.1) is 0 Å². The first-order valence-corrected chi connectivity index (χ1v) is 13.0. The van der Waals surface area contributed by atoms with Crippen molar-refractivity contribution in [1.82, 2.24) is 9.97 Å². The Morgan fingerprint density at radius 1 is 0.857 bits per heavy atom. The van der Waals surface area contributed by atoms with Gasteiger partial charge in [-0.25, -0.2) is 14.6 Å². The maximum Gasteiger partial charge on any atom is 0.338 e. The highest BCUT2D eigenvalue weighted by Gasteiger charge is 2.09. The minimum Gasteiger partial charge on any atom is -0.462 e. The molecule has 3 N–H and O–H groups in total. The topological polar surface area (TPSA) is 113 Å². The van der Waals surface area contributed by atoms with Gasteiger partial charge in [0.05, 0.1) is 12.2 Å². The normalized spacial score (nSPS) is 10.7. The molecular formula is C27H40N4O4. The fourth-order valence-corrected chi connectivity index (χ4v) is 3.84. The van der Waals surface area contributed by atoms with E-state index in [-0.39, 0.29) is 11.5 Å². The number of anilines is 2. The summed E-state index contributed by atoms with van der Waals surface area (Å²) in [7, 11) is 0. The zero-order chi connectivity index (χ0) is 25.3. The van der Waals surface area contributed by atoms with E-state index in [2.05, 4.69) is 27.5 Å². The molecular weight excluding hydrogens is 444 g/mol. The number of aromatic nitrogens is 2. The van der Waals surface area contributed by atoms with Gasteiger partial charge < -0.3 is 10.1 Å². The number of ether oxygens (including phenoxy) is 1. The molecule has 35 heavy (non-hydrogen) atoms. The Hall–Kier alpha value is -3.16. The Morgan fingerprint density at radius 2 is 1.46 bits per heavy atom. The zero-order valence-corrected chi connectivity index (χ0v) is 21.2. The average molecular weight is 485 g/mol. The van der Waals surface area contributed by atoms with Crippen LogP contribution in [0.1, 0.15) is 101 Å². The summed E-state index contributed by atoms with van der Waals surface area (Å²) in [4.78, 5) is 42.9. The van der Waals surface area contributed by atoms with Crippen LogP contribution in [0.3, 0.4) is 0 Å². The van der Waals surface area contributed by atoms with Crippen LogP contribution in [0.25, 0.3) is 0 Å². The van der Waals surface area contributed by atoms with Gasteiger partial charge in [0.1, 0.15) is 0 Å². The summed E-state index contributed by atoms with van der Waals surface area (Å²) in [5.74, 6) is -0.309. The van der Waals surface area contributed by atoms with E-state index in [1.807, 2.05) is 0 Å². The van der Waals surface area contributed by atoms with Crippen LogP contribution < -0.4 is 16.2 Å². The molecule has 0 radical (unpaired) electrons. The number of carbonyl (C=O) groups is 2. The number of nitrogens with zero attached hydrogens (tertiary/aromatic N) is 1. The lowest BCUT2D eigenvalue weighted by molar-refractivity contribution is 0.0526. The molecule has 0 aliphatic carbocycles. The molecule has 0 unspecified atom stereocenters. The van der Waals surface area contributed by atoms with Crippen molar-refractivity contribution in [2.75, 3.05) is 17.2 Å². The number of rotatable bonds is 16. The minimum absolute atomic E-state index is 0.108. The standard InChI is InChI=1S/C27H40N4O4/c1-3-5-6-7-8-9-10-11-12-13-14-15-23-20-24(32)30-26(28-23)31-27(34)29-22-18-16-21(17-19-22)25(33)35-4-2/h16-20H,3-15H2,1-2H3,(H3,28,29,30,31,32,34). The highest BCUT2D eigenvalue weighted by atomic mass is 16.5. The Bertz CT molecular complexity index is 956. The van der Waals surface area contributed by atoms with E-state index in [4.69, 9.17) is 4.74 Å². The number of aryl methyl sites for hydroxylation is 1. The van der Waals surface area contributed by atoms with Gasteiger partial charge in [-0.1, -0.05) is 71.1 Å². The molecule has 0 aliphatic heterocycles. The number of esters is 1. The van der Waals surface area contributed by atoms with E-state index < -0.39 is 12.0 Å². The third kappa shape index (κ3) is 11.7. The molecule has 2 amide bonds. The van der Waals surface area contributed by atoms with Gasteiger partial charge in [0.25, 0.3) is 5.56 Å². The molecule has 0 saturated heterocycles. The van der Waals surface area contributed by atoms with Crippen LogP contribution in [-0.2, 0) is 11.2 Å². The van der Waals surface area contributed by atoms with Crippen molar-refractivity contribution in [3.05, 3.63) is 51.9 Å². The Morgan fingerprint density at radius 3 is 2.06 bits per heavy atom. The lowest BCUT2D eigenvalue weighted by Gasteiger charge is -2.09. The lowest BCUT2D eigenvalue weighted by Crippen LogP contribution is -2.23. The number of benzene rings is 1. The Labute approximate surface area is 208 Å². The second-order valence-electron chi connectivity index (χ2n) is 8.75. The SMILES string of the molecule is CCCCCCCCCCCCCc1cc(=O)[nH]c(NC(=O)Nc2ccc(C(=O)OCC)cc2)n1. The second-order valence-corrected chi connectivity index (χ2v) is 8.75. The van der Waals surface area contributed by atoms with E-state index in [0.717, 1.165) is 12.8 Å². The number of unbranched alkanes of at least 4 members (excludes halogenated alkanes) is 10. The predicted octanol–water partition coefficient (Wildman–Crippen LogP) is 6.44. The fraction of sp³-hybridized carbons (Fsp3) is 0.556. The number of amides is 2. The summed E-state index contributed by atoms with van der Waals surface area (Å²) in [6.07, 6.45) is 14.6. The first-order valence-electron chi connectivity index (χ1n) is 13.0. The highest BCUT2D eigenvalue weighted by Crippen LogP contribution is 2.13. The smallest absolute Gasteiger partial charge is 0.338 e. The van der Waals surface area contributed by atoms with Crippen LogP contribution >= 0.6 is 0 Å². The largest absolute Gasteiger partial charge is 0.462 e. The molecule has 0 aliphatic rings.